The lowest BCUT2D eigenvalue weighted by atomic mass is 9.75. The number of hydrogen-bond donors (Lipinski definition) is 2. The standard InChI is InChI=1S/C20H24F3NO/c1-19(2,14-25)17(15-9-5-3-6-10-15)13-24-18(20(21,22)23)16-11-7-4-8-12-16/h3-12,17-18,24-25H,13-14H2,1-2H3/t17-,18+/m1/s1. The van der Waals surface area contributed by atoms with Crippen LogP contribution >= 0.6 is 0 Å². The number of halogens is 3. The molecule has 2 rings (SSSR count). The second-order valence-corrected chi connectivity index (χ2v) is 6.90. The Balaban J connectivity index is 2.26. The molecule has 0 amide bonds. The van der Waals surface area contributed by atoms with Crippen molar-refractivity contribution in [2.45, 2.75) is 32.0 Å². The van der Waals surface area contributed by atoms with Crippen LogP contribution in [0.4, 0.5) is 13.2 Å². The van der Waals surface area contributed by atoms with Gasteiger partial charge in [-0.15, -0.1) is 0 Å². The average Bonchev–Trinajstić information content (AvgIpc) is 2.59. The molecule has 0 aliphatic carbocycles. The summed E-state index contributed by atoms with van der Waals surface area (Å²) in [5.41, 5.74) is 0.535. The summed E-state index contributed by atoms with van der Waals surface area (Å²) in [6.07, 6.45) is -4.40. The largest absolute Gasteiger partial charge is 0.407 e. The summed E-state index contributed by atoms with van der Waals surface area (Å²) in [5.74, 6) is -0.257. The van der Waals surface area contributed by atoms with Crippen molar-refractivity contribution in [3.05, 3.63) is 71.8 Å². The predicted molar refractivity (Wildman–Crippen MR) is 93.3 cm³/mol. The summed E-state index contributed by atoms with van der Waals surface area (Å²) < 4.78 is 40.6. The minimum absolute atomic E-state index is 0.108. The summed E-state index contributed by atoms with van der Waals surface area (Å²) in [5, 5.41) is 12.4. The molecule has 0 aromatic heterocycles. The van der Waals surface area contributed by atoms with E-state index in [4.69, 9.17) is 0 Å². The van der Waals surface area contributed by atoms with E-state index in [1.807, 2.05) is 44.2 Å². The van der Waals surface area contributed by atoms with Crippen LogP contribution in [0, 0.1) is 5.41 Å². The van der Waals surface area contributed by atoms with Crippen molar-refractivity contribution < 1.29 is 18.3 Å². The molecule has 2 aromatic carbocycles. The van der Waals surface area contributed by atoms with E-state index >= 15 is 0 Å². The van der Waals surface area contributed by atoms with Gasteiger partial charge in [0.05, 0.1) is 0 Å². The normalized spacial score (nSPS) is 15.0. The topological polar surface area (TPSA) is 32.3 Å². The van der Waals surface area contributed by atoms with Crippen LogP contribution in [0.1, 0.15) is 36.9 Å². The third-order valence-corrected chi connectivity index (χ3v) is 4.54. The first-order valence-corrected chi connectivity index (χ1v) is 8.26. The number of rotatable bonds is 7. The van der Waals surface area contributed by atoms with Gasteiger partial charge >= 0.3 is 6.18 Å². The fourth-order valence-electron chi connectivity index (χ4n) is 2.94. The first-order chi connectivity index (χ1) is 11.8. The van der Waals surface area contributed by atoms with Gasteiger partial charge in [-0.2, -0.15) is 13.2 Å². The summed E-state index contributed by atoms with van der Waals surface area (Å²) in [7, 11) is 0. The van der Waals surface area contributed by atoms with Crippen molar-refractivity contribution >= 4 is 0 Å². The Morgan fingerprint density at radius 1 is 0.880 bits per heavy atom. The third-order valence-electron chi connectivity index (χ3n) is 4.54. The lowest BCUT2D eigenvalue weighted by Crippen LogP contribution is -2.40. The molecule has 0 unspecified atom stereocenters. The summed E-state index contributed by atoms with van der Waals surface area (Å²) in [6, 6.07) is 15.4. The first-order valence-electron chi connectivity index (χ1n) is 8.26. The number of benzene rings is 2. The summed E-state index contributed by atoms with van der Waals surface area (Å²) >= 11 is 0. The van der Waals surface area contributed by atoms with Crippen LogP contribution in [0.5, 0.6) is 0 Å². The summed E-state index contributed by atoms with van der Waals surface area (Å²) in [6.45, 7) is 3.71. The fraction of sp³-hybridized carbons (Fsp3) is 0.400. The smallest absolute Gasteiger partial charge is 0.396 e. The van der Waals surface area contributed by atoms with Crippen LogP contribution in [-0.4, -0.2) is 24.4 Å². The Hall–Kier alpha value is -1.85. The molecule has 0 heterocycles. The molecule has 25 heavy (non-hydrogen) atoms. The highest BCUT2D eigenvalue weighted by Crippen LogP contribution is 2.37. The molecule has 0 fully saturated rings. The zero-order valence-corrected chi connectivity index (χ0v) is 14.4. The number of nitrogens with one attached hydrogen (secondary N) is 1. The average molecular weight is 351 g/mol. The molecule has 136 valence electrons. The molecule has 0 aliphatic rings. The van der Waals surface area contributed by atoms with Crippen molar-refractivity contribution in [3.63, 3.8) is 0 Å². The van der Waals surface area contributed by atoms with Gasteiger partial charge in [0.2, 0.25) is 0 Å². The molecule has 0 saturated carbocycles. The number of aliphatic hydroxyl groups is 1. The van der Waals surface area contributed by atoms with E-state index in [1.54, 1.807) is 18.2 Å². The van der Waals surface area contributed by atoms with E-state index in [0.29, 0.717) is 0 Å². The third kappa shape index (κ3) is 5.06. The van der Waals surface area contributed by atoms with E-state index in [0.717, 1.165) is 5.56 Å². The van der Waals surface area contributed by atoms with Gasteiger partial charge in [0.15, 0.2) is 0 Å². The lowest BCUT2D eigenvalue weighted by Gasteiger charge is -2.35. The Labute approximate surface area is 146 Å². The molecular weight excluding hydrogens is 327 g/mol. The Bertz CT molecular complexity index is 641. The summed E-state index contributed by atoms with van der Waals surface area (Å²) in [4.78, 5) is 0. The van der Waals surface area contributed by atoms with E-state index < -0.39 is 17.6 Å². The lowest BCUT2D eigenvalue weighted by molar-refractivity contribution is -0.158. The van der Waals surface area contributed by atoms with E-state index in [1.165, 1.54) is 12.1 Å². The fourth-order valence-corrected chi connectivity index (χ4v) is 2.94. The van der Waals surface area contributed by atoms with Gasteiger partial charge in [0.1, 0.15) is 6.04 Å². The second kappa shape index (κ2) is 8.02. The minimum Gasteiger partial charge on any atom is -0.396 e. The molecule has 0 spiro atoms. The highest BCUT2D eigenvalue weighted by molar-refractivity contribution is 5.24. The SMILES string of the molecule is CC(C)(CO)[C@H](CN[C@@H](c1ccccc1)C(F)(F)F)c1ccccc1. The van der Waals surface area contributed by atoms with Crippen molar-refractivity contribution in [1.29, 1.82) is 0 Å². The van der Waals surface area contributed by atoms with Gasteiger partial charge in [-0.25, -0.2) is 0 Å². The maximum atomic E-state index is 13.5. The number of aliphatic hydroxyl groups excluding tert-OH is 1. The van der Waals surface area contributed by atoms with Crippen molar-refractivity contribution in [3.8, 4) is 0 Å². The van der Waals surface area contributed by atoms with Gasteiger partial charge in [-0.1, -0.05) is 74.5 Å². The van der Waals surface area contributed by atoms with E-state index in [2.05, 4.69) is 5.32 Å². The molecule has 2 aromatic rings. The minimum atomic E-state index is -4.40. The van der Waals surface area contributed by atoms with Crippen LogP contribution < -0.4 is 5.32 Å². The molecule has 2 N–H and O–H groups in total. The van der Waals surface area contributed by atoms with Gasteiger partial charge in [0.25, 0.3) is 0 Å². The van der Waals surface area contributed by atoms with Gasteiger partial charge in [0, 0.05) is 19.1 Å². The second-order valence-electron chi connectivity index (χ2n) is 6.90. The maximum absolute atomic E-state index is 13.5. The number of alkyl halides is 3. The zero-order valence-electron chi connectivity index (χ0n) is 14.4. The molecule has 0 radical (unpaired) electrons. The van der Waals surface area contributed by atoms with Crippen molar-refractivity contribution in [2.24, 2.45) is 5.41 Å². The molecule has 0 aliphatic heterocycles. The van der Waals surface area contributed by atoms with Crippen LogP contribution in [-0.2, 0) is 0 Å². The molecular formula is C20H24F3NO. The highest BCUT2D eigenvalue weighted by atomic mass is 19.4. The monoisotopic (exact) mass is 351 g/mol. The maximum Gasteiger partial charge on any atom is 0.407 e. The van der Waals surface area contributed by atoms with Crippen LogP contribution in [0.2, 0.25) is 0 Å². The Morgan fingerprint density at radius 2 is 1.36 bits per heavy atom. The Morgan fingerprint density at radius 3 is 1.80 bits per heavy atom. The zero-order chi connectivity index (χ0) is 18.5. The van der Waals surface area contributed by atoms with E-state index in [-0.39, 0.29) is 24.6 Å². The molecule has 2 nitrogen and oxygen atoms in total. The van der Waals surface area contributed by atoms with Crippen LogP contribution in [0.3, 0.4) is 0 Å². The van der Waals surface area contributed by atoms with Crippen molar-refractivity contribution in [1.82, 2.24) is 5.32 Å². The predicted octanol–water partition coefficient (Wildman–Crippen LogP) is 4.68. The van der Waals surface area contributed by atoms with Crippen molar-refractivity contribution in [2.75, 3.05) is 13.2 Å². The Kier molecular flexibility index (Phi) is 6.25. The van der Waals surface area contributed by atoms with E-state index in [9.17, 15) is 18.3 Å². The van der Waals surface area contributed by atoms with Gasteiger partial charge < -0.3 is 10.4 Å². The van der Waals surface area contributed by atoms with Crippen LogP contribution in [0.15, 0.2) is 60.7 Å². The quantitative estimate of drug-likeness (QED) is 0.759. The molecule has 0 saturated heterocycles. The first kappa shape index (κ1) is 19.5. The molecule has 5 heteroatoms. The van der Waals surface area contributed by atoms with Crippen LogP contribution in [0.25, 0.3) is 0 Å². The molecule has 2 atom stereocenters. The van der Waals surface area contributed by atoms with Gasteiger partial charge in [-0.3, -0.25) is 0 Å². The van der Waals surface area contributed by atoms with Gasteiger partial charge in [-0.05, 0) is 16.5 Å². The molecule has 0 bridgehead atoms. The number of hydrogen-bond acceptors (Lipinski definition) is 2. The highest BCUT2D eigenvalue weighted by Gasteiger charge is 2.41.